The van der Waals surface area contributed by atoms with Gasteiger partial charge in [0, 0.05) is 20.1 Å². The second-order valence-electron chi connectivity index (χ2n) is 7.89. The number of nitrogens with zero attached hydrogens (tertiary/aromatic N) is 2. The summed E-state index contributed by atoms with van der Waals surface area (Å²) in [4.78, 5) is 18.3. The minimum absolute atomic E-state index is 0.0151. The number of alkyl carbamates (subject to hydrolysis) is 1. The zero-order chi connectivity index (χ0) is 20.7. The normalized spacial score (nSPS) is 18.6. The number of rotatable bonds is 5. The highest BCUT2D eigenvalue weighted by molar-refractivity contribution is 5.80. The number of ether oxygens (including phenoxy) is 2. The van der Waals surface area contributed by atoms with E-state index in [1.807, 2.05) is 27.7 Å². The van der Waals surface area contributed by atoms with E-state index in [0.717, 1.165) is 18.9 Å². The molecule has 1 aliphatic heterocycles. The smallest absolute Gasteiger partial charge is 0.407 e. The van der Waals surface area contributed by atoms with Gasteiger partial charge in [0.1, 0.15) is 23.3 Å². The first-order valence-electron chi connectivity index (χ1n) is 9.53. The fourth-order valence-electron chi connectivity index (χ4n) is 2.90. The monoisotopic (exact) mass is 394 g/mol. The summed E-state index contributed by atoms with van der Waals surface area (Å²) < 4.78 is 24.0. The summed E-state index contributed by atoms with van der Waals surface area (Å²) in [7, 11) is 1.72. The van der Waals surface area contributed by atoms with Crippen LogP contribution in [0.1, 0.15) is 34.1 Å². The standard InChI is InChI=1S/C20H31FN4O3/c1-14(27-17-8-6-15(21)7-9-17)12-23-18(22-5)25-11-10-16(13-25)24-19(26)28-20(2,3)4/h6-9,14,16H,10-13H2,1-5H3,(H,22,23)(H,24,26). The largest absolute Gasteiger partial charge is 0.489 e. The zero-order valence-corrected chi connectivity index (χ0v) is 17.3. The maximum atomic E-state index is 13.0. The van der Waals surface area contributed by atoms with E-state index in [0.29, 0.717) is 18.8 Å². The first-order valence-corrected chi connectivity index (χ1v) is 9.53. The Morgan fingerprint density at radius 1 is 1.36 bits per heavy atom. The number of benzene rings is 1. The third kappa shape index (κ3) is 7.25. The van der Waals surface area contributed by atoms with Crippen LogP contribution in [0, 0.1) is 5.82 Å². The molecule has 1 fully saturated rings. The summed E-state index contributed by atoms with van der Waals surface area (Å²) in [5.74, 6) is 1.08. The van der Waals surface area contributed by atoms with Crippen LogP contribution in [0.2, 0.25) is 0 Å². The summed E-state index contributed by atoms with van der Waals surface area (Å²) in [6.07, 6.45) is 0.297. The molecule has 0 spiro atoms. The van der Waals surface area contributed by atoms with Crippen molar-refractivity contribution in [3.05, 3.63) is 30.1 Å². The van der Waals surface area contributed by atoms with E-state index in [4.69, 9.17) is 9.47 Å². The average Bonchev–Trinajstić information content (AvgIpc) is 3.04. The number of guanidine groups is 1. The average molecular weight is 394 g/mol. The van der Waals surface area contributed by atoms with Crippen molar-refractivity contribution in [2.24, 2.45) is 4.99 Å². The van der Waals surface area contributed by atoms with Crippen LogP contribution in [0.5, 0.6) is 5.75 Å². The van der Waals surface area contributed by atoms with Crippen LogP contribution in [0.4, 0.5) is 9.18 Å². The molecule has 8 heteroatoms. The summed E-state index contributed by atoms with van der Waals surface area (Å²) >= 11 is 0. The fraction of sp³-hybridized carbons (Fsp3) is 0.600. The van der Waals surface area contributed by atoms with Gasteiger partial charge < -0.3 is 25.0 Å². The predicted molar refractivity (Wildman–Crippen MR) is 107 cm³/mol. The van der Waals surface area contributed by atoms with Gasteiger partial charge in [-0.3, -0.25) is 4.99 Å². The molecule has 7 nitrogen and oxygen atoms in total. The molecule has 1 aromatic rings. The van der Waals surface area contributed by atoms with E-state index >= 15 is 0 Å². The maximum Gasteiger partial charge on any atom is 0.407 e. The highest BCUT2D eigenvalue weighted by atomic mass is 19.1. The van der Waals surface area contributed by atoms with Crippen LogP contribution in [0.15, 0.2) is 29.3 Å². The van der Waals surface area contributed by atoms with Gasteiger partial charge in [-0.15, -0.1) is 0 Å². The second-order valence-corrected chi connectivity index (χ2v) is 7.89. The number of nitrogens with one attached hydrogen (secondary N) is 2. The quantitative estimate of drug-likeness (QED) is 0.593. The van der Waals surface area contributed by atoms with Gasteiger partial charge in [-0.25, -0.2) is 9.18 Å². The van der Waals surface area contributed by atoms with Crippen LogP contribution in [-0.4, -0.2) is 61.4 Å². The highest BCUT2D eigenvalue weighted by Crippen LogP contribution is 2.14. The van der Waals surface area contributed by atoms with Gasteiger partial charge >= 0.3 is 6.09 Å². The highest BCUT2D eigenvalue weighted by Gasteiger charge is 2.28. The molecule has 2 atom stereocenters. The first-order chi connectivity index (χ1) is 13.2. The number of aliphatic imine (C=N–C) groups is 1. The molecule has 1 aliphatic rings. The fourth-order valence-corrected chi connectivity index (χ4v) is 2.90. The van der Waals surface area contributed by atoms with Crippen molar-refractivity contribution in [3.63, 3.8) is 0 Å². The third-order valence-corrected chi connectivity index (χ3v) is 4.12. The molecule has 1 aromatic carbocycles. The van der Waals surface area contributed by atoms with Crippen molar-refractivity contribution in [3.8, 4) is 5.75 Å². The zero-order valence-electron chi connectivity index (χ0n) is 17.3. The molecule has 0 radical (unpaired) electrons. The molecule has 0 aliphatic carbocycles. The molecule has 1 saturated heterocycles. The van der Waals surface area contributed by atoms with Crippen molar-refractivity contribution in [2.75, 3.05) is 26.7 Å². The van der Waals surface area contributed by atoms with E-state index in [1.54, 1.807) is 19.2 Å². The van der Waals surface area contributed by atoms with Crippen LogP contribution in [0.3, 0.4) is 0 Å². The van der Waals surface area contributed by atoms with Gasteiger partial charge in [0.2, 0.25) is 0 Å². The molecule has 0 aromatic heterocycles. The maximum absolute atomic E-state index is 13.0. The SMILES string of the molecule is CN=C(NCC(C)Oc1ccc(F)cc1)N1CCC(NC(=O)OC(C)(C)C)C1. The minimum Gasteiger partial charge on any atom is -0.489 e. The Morgan fingerprint density at radius 3 is 2.64 bits per heavy atom. The minimum atomic E-state index is -0.513. The Hall–Kier alpha value is -2.51. The molecule has 28 heavy (non-hydrogen) atoms. The lowest BCUT2D eigenvalue weighted by atomic mass is 10.2. The summed E-state index contributed by atoms with van der Waals surface area (Å²) in [6.45, 7) is 9.45. The van der Waals surface area contributed by atoms with Gasteiger partial charge in [-0.05, 0) is 58.4 Å². The van der Waals surface area contributed by atoms with Crippen molar-refractivity contribution < 1.29 is 18.7 Å². The van der Waals surface area contributed by atoms with Crippen molar-refractivity contribution in [1.29, 1.82) is 0 Å². The number of halogens is 1. The molecule has 1 heterocycles. The van der Waals surface area contributed by atoms with E-state index in [9.17, 15) is 9.18 Å². The van der Waals surface area contributed by atoms with Crippen molar-refractivity contribution in [2.45, 2.75) is 51.9 Å². The molecule has 2 rings (SSSR count). The van der Waals surface area contributed by atoms with Gasteiger partial charge in [0.05, 0.1) is 12.6 Å². The molecule has 156 valence electrons. The lowest BCUT2D eigenvalue weighted by Gasteiger charge is -2.24. The van der Waals surface area contributed by atoms with Crippen LogP contribution in [0.25, 0.3) is 0 Å². The molecule has 0 saturated carbocycles. The van der Waals surface area contributed by atoms with Crippen LogP contribution in [-0.2, 0) is 4.74 Å². The predicted octanol–water partition coefficient (Wildman–Crippen LogP) is 2.77. The Morgan fingerprint density at radius 2 is 2.04 bits per heavy atom. The lowest BCUT2D eigenvalue weighted by Crippen LogP contribution is -2.46. The van der Waals surface area contributed by atoms with Gasteiger partial charge in [0.15, 0.2) is 5.96 Å². The number of hydrogen-bond acceptors (Lipinski definition) is 4. The molecule has 2 N–H and O–H groups in total. The van der Waals surface area contributed by atoms with Gasteiger partial charge in [-0.1, -0.05) is 0 Å². The van der Waals surface area contributed by atoms with Gasteiger partial charge in [-0.2, -0.15) is 0 Å². The molecular formula is C20H31FN4O3. The van der Waals surface area contributed by atoms with Crippen LogP contribution >= 0.6 is 0 Å². The Kier molecular flexibility index (Phi) is 7.48. The summed E-state index contributed by atoms with van der Waals surface area (Å²) in [5.41, 5.74) is -0.513. The topological polar surface area (TPSA) is 75.2 Å². The number of carbonyl (C=O) groups is 1. The van der Waals surface area contributed by atoms with E-state index in [1.165, 1.54) is 12.1 Å². The lowest BCUT2D eigenvalue weighted by molar-refractivity contribution is 0.0507. The van der Waals surface area contributed by atoms with E-state index in [-0.39, 0.29) is 18.0 Å². The van der Waals surface area contributed by atoms with E-state index < -0.39 is 11.7 Å². The first kappa shape index (κ1) is 21.8. The Bertz CT molecular complexity index is 673. The third-order valence-electron chi connectivity index (χ3n) is 4.12. The molecule has 0 bridgehead atoms. The van der Waals surface area contributed by atoms with Gasteiger partial charge in [0.25, 0.3) is 0 Å². The number of likely N-dealkylation sites (tertiary alicyclic amines) is 1. The second kappa shape index (κ2) is 9.61. The van der Waals surface area contributed by atoms with Crippen molar-refractivity contribution in [1.82, 2.24) is 15.5 Å². The van der Waals surface area contributed by atoms with Crippen molar-refractivity contribution >= 4 is 12.1 Å². The van der Waals surface area contributed by atoms with Crippen LogP contribution < -0.4 is 15.4 Å². The molecule has 2 unspecified atom stereocenters. The van der Waals surface area contributed by atoms with E-state index in [2.05, 4.69) is 20.5 Å². The molecular weight excluding hydrogens is 363 g/mol. The molecule has 1 amide bonds. The summed E-state index contributed by atoms with van der Waals surface area (Å²) in [6, 6.07) is 5.97. The Labute approximate surface area is 166 Å². The number of carbonyl (C=O) groups excluding carboxylic acids is 1. The number of amides is 1. The Balaban J connectivity index is 1.77. The number of hydrogen-bond donors (Lipinski definition) is 2. The summed E-state index contributed by atoms with van der Waals surface area (Å²) in [5, 5.41) is 6.19.